The molecule has 2 aromatic heterocycles. The van der Waals surface area contributed by atoms with Gasteiger partial charge in [0.2, 0.25) is 0 Å². The van der Waals surface area contributed by atoms with Crippen LogP contribution in [0, 0.1) is 6.92 Å². The lowest BCUT2D eigenvalue weighted by molar-refractivity contribution is 0.654. The zero-order valence-corrected chi connectivity index (χ0v) is 18.8. The molecule has 0 saturated carbocycles. The van der Waals surface area contributed by atoms with Crippen LogP contribution in [0.2, 0.25) is 0 Å². The fourth-order valence-electron chi connectivity index (χ4n) is 4.65. The molecule has 3 aromatic carbocycles. The Labute approximate surface area is 183 Å². The molecule has 0 bridgehead atoms. The highest BCUT2D eigenvalue weighted by Crippen LogP contribution is 2.42. The Morgan fingerprint density at radius 1 is 0.871 bits per heavy atom. The van der Waals surface area contributed by atoms with E-state index in [9.17, 15) is 0 Å². The third kappa shape index (κ3) is 3.07. The highest BCUT2D eigenvalue weighted by atomic mass is 16.3. The second-order valence-electron chi connectivity index (χ2n) is 8.95. The first-order valence-corrected chi connectivity index (χ1v) is 11.0. The Bertz CT molecular complexity index is 1400. The minimum absolute atomic E-state index is 0.295. The SMILES string of the molecule is Cc1ccccc1-c1nccn1-c1c(C(C)C)cc2c(oc3ccccc32)c1C(C)C. The molecule has 156 valence electrons. The first kappa shape index (κ1) is 19.6. The maximum Gasteiger partial charge on any atom is 0.144 e. The van der Waals surface area contributed by atoms with Crippen molar-refractivity contribution < 1.29 is 4.42 Å². The molecule has 0 saturated heterocycles. The number of benzene rings is 3. The number of hydrogen-bond donors (Lipinski definition) is 0. The maximum atomic E-state index is 6.45. The molecule has 0 N–H and O–H groups in total. The van der Waals surface area contributed by atoms with Crippen LogP contribution >= 0.6 is 0 Å². The molecule has 3 nitrogen and oxygen atoms in total. The van der Waals surface area contributed by atoms with Gasteiger partial charge in [0, 0.05) is 34.3 Å². The van der Waals surface area contributed by atoms with Crippen molar-refractivity contribution >= 4 is 21.9 Å². The van der Waals surface area contributed by atoms with Crippen LogP contribution in [0.3, 0.4) is 0 Å². The van der Waals surface area contributed by atoms with Gasteiger partial charge < -0.3 is 4.42 Å². The highest BCUT2D eigenvalue weighted by molar-refractivity contribution is 6.07. The molecule has 0 fully saturated rings. The Morgan fingerprint density at radius 3 is 2.35 bits per heavy atom. The van der Waals surface area contributed by atoms with E-state index in [2.05, 4.69) is 93.9 Å². The molecule has 2 heterocycles. The summed E-state index contributed by atoms with van der Waals surface area (Å²) in [6.45, 7) is 11.2. The molecular formula is C28H28N2O. The van der Waals surface area contributed by atoms with Crippen molar-refractivity contribution in [3.05, 3.63) is 83.7 Å². The molecule has 0 spiro atoms. The molecule has 0 atom stereocenters. The van der Waals surface area contributed by atoms with Gasteiger partial charge in [0.05, 0.1) is 5.69 Å². The maximum absolute atomic E-state index is 6.45. The predicted molar refractivity (Wildman–Crippen MR) is 129 cm³/mol. The summed E-state index contributed by atoms with van der Waals surface area (Å²) >= 11 is 0. The van der Waals surface area contributed by atoms with Crippen molar-refractivity contribution in [1.29, 1.82) is 0 Å². The number of imidazole rings is 1. The fourth-order valence-corrected chi connectivity index (χ4v) is 4.65. The second kappa shape index (κ2) is 7.42. The van der Waals surface area contributed by atoms with Crippen molar-refractivity contribution in [2.24, 2.45) is 0 Å². The van der Waals surface area contributed by atoms with E-state index in [1.54, 1.807) is 0 Å². The summed E-state index contributed by atoms with van der Waals surface area (Å²) in [6, 6.07) is 19.1. The lowest BCUT2D eigenvalue weighted by atomic mass is 9.89. The molecule has 3 heteroatoms. The van der Waals surface area contributed by atoms with Gasteiger partial charge in [-0.15, -0.1) is 0 Å². The van der Waals surface area contributed by atoms with Gasteiger partial charge in [-0.1, -0.05) is 70.2 Å². The monoisotopic (exact) mass is 408 g/mol. The number of hydrogen-bond acceptors (Lipinski definition) is 2. The average Bonchev–Trinajstić information content (AvgIpc) is 3.37. The van der Waals surface area contributed by atoms with E-state index in [0.29, 0.717) is 11.8 Å². The number of furan rings is 1. The van der Waals surface area contributed by atoms with Crippen molar-refractivity contribution in [3.63, 3.8) is 0 Å². The fraction of sp³-hybridized carbons (Fsp3) is 0.250. The molecule has 5 aromatic rings. The van der Waals surface area contributed by atoms with Gasteiger partial charge in [-0.25, -0.2) is 4.98 Å². The summed E-state index contributed by atoms with van der Waals surface area (Å²) < 4.78 is 8.72. The van der Waals surface area contributed by atoms with E-state index >= 15 is 0 Å². The van der Waals surface area contributed by atoms with Crippen LogP contribution in [-0.4, -0.2) is 9.55 Å². The Balaban J connectivity index is 1.91. The van der Waals surface area contributed by atoms with E-state index in [1.807, 2.05) is 12.3 Å². The quantitative estimate of drug-likeness (QED) is 0.302. The molecule has 0 amide bonds. The second-order valence-corrected chi connectivity index (χ2v) is 8.95. The Kier molecular flexibility index (Phi) is 4.70. The summed E-state index contributed by atoms with van der Waals surface area (Å²) in [5.41, 5.74) is 8.06. The van der Waals surface area contributed by atoms with Gasteiger partial charge in [-0.05, 0) is 42.0 Å². The number of rotatable bonds is 4. The van der Waals surface area contributed by atoms with E-state index in [0.717, 1.165) is 22.6 Å². The minimum atomic E-state index is 0.295. The first-order valence-electron chi connectivity index (χ1n) is 11.0. The van der Waals surface area contributed by atoms with Gasteiger partial charge >= 0.3 is 0 Å². The summed E-state index contributed by atoms with van der Waals surface area (Å²) in [4.78, 5) is 4.78. The molecule has 5 rings (SSSR count). The van der Waals surface area contributed by atoms with Crippen LogP contribution in [0.4, 0.5) is 0 Å². The minimum Gasteiger partial charge on any atom is -0.456 e. The van der Waals surface area contributed by atoms with Crippen molar-refractivity contribution in [3.8, 4) is 17.1 Å². The van der Waals surface area contributed by atoms with Gasteiger partial charge in [0.25, 0.3) is 0 Å². The van der Waals surface area contributed by atoms with E-state index in [1.165, 1.54) is 33.2 Å². The van der Waals surface area contributed by atoms with Gasteiger partial charge in [0.15, 0.2) is 0 Å². The summed E-state index contributed by atoms with van der Waals surface area (Å²) in [5, 5.41) is 2.38. The average molecular weight is 409 g/mol. The van der Waals surface area contributed by atoms with Crippen molar-refractivity contribution in [2.75, 3.05) is 0 Å². The Hall–Kier alpha value is -3.33. The molecule has 0 aliphatic heterocycles. The third-order valence-electron chi connectivity index (χ3n) is 6.17. The third-order valence-corrected chi connectivity index (χ3v) is 6.17. The number of aromatic nitrogens is 2. The van der Waals surface area contributed by atoms with Crippen LogP contribution in [0.25, 0.3) is 39.0 Å². The molecule has 0 aliphatic carbocycles. The number of fused-ring (bicyclic) bond motifs is 3. The lowest BCUT2D eigenvalue weighted by Gasteiger charge is -2.22. The number of para-hydroxylation sites is 1. The number of nitrogens with zero attached hydrogens (tertiary/aromatic N) is 2. The first-order chi connectivity index (χ1) is 15.0. The molecule has 0 unspecified atom stereocenters. The van der Waals surface area contributed by atoms with Gasteiger partial charge in [0.1, 0.15) is 17.0 Å². The summed E-state index contributed by atoms with van der Waals surface area (Å²) in [6.07, 6.45) is 3.99. The van der Waals surface area contributed by atoms with Crippen LogP contribution < -0.4 is 0 Å². The molecule has 31 heavy (non-hydrogen) atoms. The van der Waals surface area contributed by atoms with Gasteiger partial charge in [-0.2, -0.15) is 0 Å². The normalized spacial score (nSPS) is 12.0. The highest BCUT2D eigenvalue weighted by Gasteiger charge is 2.25. The molecule has 0 radical (unpaired) electrons. The van der Waals surface area contributed by atoms with E-state index < -0.39 is 0 Å². The smallest absolute Gasteiger partial charge is 0.144 e. The summed E-state index contributed by atoms with van der Waals surface area (Å²) in [5.74, 6) is 1.62. The van der Waals surface area contributed by atoms with Crippen LogP contribution in [-0.2, 0) is 0 Å². The summed E-state index contributed by atoms with van der Waals surface area (Å²) in [7, 11) is 0. The van der Waals surface area contributed by atoms with Crippen molar-refractivity contribution in [1.82, 2.24) is 9.55 Å². The Morgan fingerprint density at radius 2 is 1.61 bits per heavy atom. The predicted octanol–water partition coefficient (Wildman–Crippen LogP) is 7.99. The number of aryl methyl sites for hydroxylation is 1. The van der Waals surface area contributed by atoms with E-state index in [-0.39, 0.29) is 0 Å². The van der Waals surface area contributed by atoms with Crippen LogP contribution in [0.5, 0.6) is 0 Å². The van der Waals surface area contributed by atoms with E-state index in [4.69, 9.17) is 9.40 Å². The van der Waals surface area contributed by atoms with Crippen LogP contribution in [0.15, 0.2) is 71.4 Å². The zero-order valence-electron chi connectivity index (χ0n) is 18.8. The van der Waals surface area contributed by atoms with Gasteiger partial charge in [-0.3, -0.25) is 4.57 Å². The largest absolute Gasteiger partial charge is 0.456 e. The standard InChI is InChI=1S/C28H28N2O/c1-17(2)22-16-23-21-12-8-9-13-24(21)31-27(23)25(18(3)4)26(22)30-15-14-29-28(30)20-11-7-6-10-19(20)5/h6-18H,1-5H3. The molecule has 0 aliphatic rings. The van der Waals surface area contributed by atoms with Crippen LogP contribution in [0.1, 0.15) is 56.2 Å². The zero-order chi connectivity index (χ0) is 21.7. The lowest BCUT2D eigenvalue weighted by Crippen LogP contribution is -2.08. The van der Waals surface area contributed by atoms with Crippen molar-refractivity contribution in [2.45, 2.75) is 46.5 Å². The molecular weight excluding hydrogens is 380 g/mol. The topological polar surface area (TPSA) is 31.0 Å².